The van der Waals surface area contributed by atoms with Gasteiger partial charge in [0.2, 0.25) is 11.8 Å². The molecule has 3 aromatic heterocycles. The average molecular weight is 644 g/mol. The first-order chi connectivity index (χ1) is 20.7. The van der Waals surface area contributed by atoms with Gasteiger partial charge in [-0.1, -0.05) is 11.2 Å². The van der Waals surface area contributed by atoms with Crippen LogP contribution >= 0.6 is 15.9 Å². The molecule has 4 N–H and O–H groups in total. The predicted octanol–water partition coefficient (Wildman–Crippen LogP) is 4.05. The lowest BCUT2D eigenvalue weighted by Gasteiger charge is -2.27. The van der Waals surface area contributed by atoms with Gasteiger partial charge >= 0.3 is 0 Å². The number of pyridine rings is 2. The van der Waals surface area contributed by atoms with E-state index in [9.17, 15) is 14.4 Å². The highest BCUT2D eigenvalue weighted by molar-refractivity contribution is 9.10. The van der Waals surface area contributed by atoms with Crippen LogP contribution in [0.25, 0.3) is 21.3 Å². The van der Waals surface area contributed by atoms with Crippen LogP contribution in [0.5, 0.6) is 0 Å². The summed E-state index contributed by atoms with van der Waals surface area (Å²) in [5.41, 5.74) is 16.9. The fourth-order valence-corrected chi connectivity index (χ4v) is 6.13. The summed E-state index contributed by atoms with van der Waals surface area (Å²) in [6.45, 7) is 1.77. The number of nitrogens with one attached hydrogen (secondary N) is 2. The van der Waals surface area contributed by atoms with Crippen molar-refractivity contribution in [3.05, 3.63) is 81.2 Å². The van der Waals surface area contributed by atoms with Crippen molar-refractivity contribution in [1.82, 2.24) is 24.6 Å². The Morgan fingerprint density at radius 3 is 2.79 bits per heavy atom. The smallest absolute Gasteiger partial charge is 0.269 e. The molecule has 218 valence electrons. The number of rotatable bonds is 9. The number of carbonyl (C=O) groups excluding carboxylic acids is 3. The SMILES string of the molecule is Cc1ccc(Br)nc1NC(=O)[C@@H]1C[C@@]2(CN=[N+]=[N-])C[C@H]2N1C(=O)Cn1nc(C(N)=O)c2cc(Nc3cccnc3)ccc21. The minimum atomic E-state index is -0.812. The summed E-state index contributed by atoms with van der Waals surface area (Å²) in [5.74, 6) is -1.09. The van der Waals surface area contributed by atoms with Gasteiger partial charge in [-0.3, -0.25) is 24.0 Å². The molecule has 1 aliphatic heterocycles. The standard InChI is InChI=1S/C28H26BrN11O3/c1-15-4-7-22(29)35-26(15)36-27(43)20-10-28(14-33-38-31)11-21(28)40(20)23(41)13-39-19-6-5-16(34-17-3-2-8-32-12-17)9-18(19)24(37-39)25(30)42/h2-9,12,20-21,34H,10-11,13-14H2,1H3,(H2,30,42)(H,35,36,43)/t20-,21+,28-/m0/s1. The molecule has 0 unspecified atom stereocenters. The Balaban J connectivity index is 1.29. The monoisotopic (exact) mass is 643 g/mol. The van der Waals surface area contributed by atoms with Crippen molar-refractivity contribution < 1.29 is 14.4 Å². The molecule has 2 aliphatic rings. The summed E-state index contributed by atoms with van der Waals surface area (Å²) in [6, 6.07) is 11.4. The van der Waals surface area contributed by atoms with Crippen LogP contribution in [0.1, 0.15) is 28.9 Å². The number of nitrogens with zero attached hydrogens (tertiary/aromatic N) is 8. The number of likely N-dealkylation sites (tertiary alicyclic amines) is 1. The zero-order valence-electron chi connectivity index (χ0n) is 22.9. The normalized spacial score (nSPS) is 20.3. The molecule has 0 bridgehead atoms. The van der Waals surface area contributed by atoms with Gasteiger partial charge in [-0.15, -0.1) is 0 Å². The number of azide groups is 1. The minimum absolute atomic E-state index is 0.0219. The highest BCUT2D eigenvalue weighted by Gasteiger charge is 2.66. The molecule has 3 amide bonds. The third kappa shape index (κ3) is 5.35. The van der Waals surface area contributed by atoms with Crippen molar-refractivity contribution in [1.29, 1.82) is 0 Å². The molecule has 43 heavy (non-hydrogen) atoms. The van der Waals surface area contributed by atoms with Crippen molar-refractivity contribution >= 4 is 61.7 Å². The summed E-state index contributed by atoms with van der Waals surface area (Å²) >= 11 is 3.33. The molecule has 14 nitrogen and oxygen atoms in total. The third-order valence-electron chi connectivity index (χ3n) is 7.98. The summed E-state index contributed by atoms with van der Waals surface area (Å²) < 4.78 is 1.99. The molecule has 4 aromatic rings. The fraction of sp³-hybridized carbons (Fsp3) is 0.286. The second kappa shape index (κ2) is 11.0. The van der Waals surface area contributed by atoms with Gasteiger partial charge in [-0.05, 0) is 83.2 Å². The van der Waals surface area contributed by atoms with Gasteiger partial charge < -0.3 is 21.3 Å². The van der Waals surface area contributed by atoms with E-state index in [1.165, 1.54) is 4.68 Å². The van der Waals surface area contributed by atoms with E-state index in [0.717, 1.165) is 11.3 Å². The number of aromatic nitrogens is 4. The van der Waals surface area contributed by atoms with Crippen LogP contribution in [-0.2, 0) is 16.1 Å². The number of halogens is 1. The maximum atomic E-state index is 13.9. The highest BCUT2D eigenvalue weighted by atomic mass is 79.9. The van der Waals surface area contributed by atoms with Crippen molar-refractivity contribution in [3.8, 4) is 0 Å². The number of aryl methyl sites for hydroxylation is 1. The van der Waals surface area contributed by atoms with E-state index in [1.807, 2.05) is 19.1 Å². The van der Waals surface area contributed by atoms with E-state index >= 15 is 0 Å². The van der Waals surface area contributed by atoms with E-state index in [1.54, 1.807) is 47.6 Å². The van der Waals surface area contributed by atoms with E-state index in [0.29, 0.717) is 39.9 Å². The van der Waals surface area contributed by atoms with Gasteiger partial charge in [0.1, 0.15) is 23.0 Å². The molecule has 1 aromatic carbocycles. The molecule has 2 fully saturated rings. The zero-order valence-corrected chi connectivity index (χ0v) is 24.5. The average Bonchev–Trinajstić information content (AvgIpc) is 3.41. The molecule has 3 atom stereocenters. The number of carbonyl (C=O) groups is 3. The Bertz CT molecular complexity index is 1820. The van der Waals surface area contributed by atoms with Crippen molar-refractivity contribution in [2.24, 2.45) is 16.3 Å². The number of fused-ring (bicyclic) bond motifs is 2. The van der Waals surface area contributed by atoms with Crippen molar-refractivity contribution in [2.75, 3.05) is 17.2 Å². The van der Waals surface area contributed by atoms with Crippen LogP contribution in [0.15, 0.2) is 64.6 Å². The minimum Gasteiger partial charge on any atom is -0.364 e. The molecule has 15 heteroatoms. The first-order valence-electron chi connectivity index (χ1n) is 13.4. The van der Waals surface area contributed by atoms with Crippen LogP contribution in [0.4, 0.5) is 17.2 Å². The van der Waals surface area contributed by atoms with Crippen LogP contribution in [0.3, 0.4) is 0 Å². The van der Waals surface area contributed by atoms with Gasteiger partial charge in [-0.2, -0.15) is 5.10 Å². The van der Waals surface area contributed by atoms with E-state index < -0.39 is 17.4 Å². The van der Waals surface area contributed by atoms with E-state index in [2.05, 4.69) is 51.7 Å². The van der Waals surface area contributed by atoms with Gasteiger partial charge in [0, 0.05) is 40.2 Å². The second-order valence-electron chi connectivity index (χ2n) is 10.8. The van der Waals surface area contributed by atoms with Crippen molar-refractivity contribution in [3.63, 3.8) is 0 Å². The molecule has 0 radical (unpaired) electrons. The second-order valence-corrected chi connectivity index (χ2v) is 11.6. The number of nitrogens with two attached hydrogens (primary N) is 1. The van der Waals surface area contributed by atoms with Crippen LogP contribution in [0.2, 0.25) is 0 Å². The zero-order chi connectivity index (χ0) is 30.3. The van der Waals surface area contributed by atoms with Crippen LogP contribution < -0.4 is 16.4 Å². The summed E-state index contributed by atoms with van der Waals surface area (Å²) in [6.07, 6.45) is 4.29. The van der Waals surface area contributed by atoms with Crippen LogP contribution in [0, 0.1) is 12.3 Å². The molecule has 1 saturated heterocycles. The largest absolute Gasteiger partial charge is 0.364 e. The lowest BCUT2D eigenvalue weighted by atomic mass is 9.99. The van der Waals surface area contributed by atoms with Crippen LogP contribution in [-0.4, -0.2) is 61.0 Å². The first-order valence-corrected chi connectivity index (χ1v) is 14.2. The topological polar surface area (TPSA) is 197 Å². The molecule has 1 saturated carbocycles. The summed E-state index contributed by atoms with van der Waals surface area (Å²) in [7, 11) is 0. The molecular weight excluding hydrogens is 618 g/mol. The number of piperidine rings is 1. The predicted molar refractivity (Wildman–Crippen MR) is 161 cm³/mol. The number of benzene rings is 1. The van der Waals surface area contributed by atoms with Gasteiger partial charge in [0.05, 0.1) is 17.4 Å². The molecular formula is C28H26BrN11O3. The van der Waals surface area contributed by atoms with Gasteiger partial charge in [-0.25, -0.2) is 4.98 Å². The lowest BCUT2D eigenvalue weighted by molar-refractivity contribution is -0.138. The Kier molecular flexibility index (Phi) is 7.20. The Hall–Kier alpha value is -5.01. The Morgan fingerprint density at radius 2 is 2.05 bits per heavy atom. The molecule has 0 spiro atoms. The highest BCUT2D eigenvalue weighted by Crippen LogP contribution is 2.60. The maximum Gasteiger partial charge on any atom is 0.269 e. The lowest BCUT2D eigenvalue weighted by Crippen LogP contribution is -2.47. The Labute approximate surface area is 253 Å². The van der Waals surface area contributed by atoms with E-state index in [4.69, 9.17) is 11.3 Å². The Morgan fingerprint density at radius 1 is 1.21 bits per heavy atom. The third-order valence-corrected chi connectivity index (χ3v) is 8.42. The van der Waals surface area contributed by atoms with E-state index in [-0.39, 0.29) is 36.6 Å². The molecule has 4 heterocycles. The number of hydrogen-bond donors (Lipinski definition) is 3. The summed E-state index contributed by atoms with van der Waals surface area (Å²) in [5, 5.41) is 14.7. The first kappa shape index (κ1) is 28.1. The quantitative estimate of drug-likeness (QED) is 0.106. The number of hydrogen-bond acceptors (Lipinski definition) is 8. The molecule has 6 rings (SSSR count). The molecule has 1 aliphatic carbocycles. The van der Waals surface area contributed by atoms with Crippen molar-refractivity contribution in [2.45, 2.75) is 38.4 Å². The summed E-state index contributed by atoms with van der Waals surface area (Å²) in [4.78, 5) is 52.7. The number of amides is 3. The van der Waals surface area contributed by atoms with Gasteiger partial charge in [0.25, 0.3) is 5.91 Å². The maximum absolute atomic E-state index is 13.9. The fourth-order valence-electron chi connectivity index (χ4n) is 5.82. The number of anilines is 3. The van der Waals surface area contributed by atoms with Gasteiger partial charge in [0.15, 0.2) is 5.69 Å². The number of primary amides is 1.